The second kappa shape index (κ2) is 9.74. The maximum absolute atomic E-state index is 13.1. The first-order chi connectivity index (χ1) is 14.0. The van der Waals surface area contributed by atoms with Crippen molar-refractivity contribution in [3.05, 3.63) is 47.1 Å². The zero-order valence-corrected chi connectivity index (χ0v) is 17.1. The molecule has 0 aromatic heterocycles. The molecule has 1 N–H and O–H groups in total. The second-order valence-electron chi connectivity index (χ2n) is 7.39. The summed E-state index contributed by atoms with van der Waals surface area (Å²) in [7, 11) is 1.57. The van der Waals surface area contributed by atoms with Crippen LogP contribution in [0.15, 0.2) is 35.9 Å². The molecule has 1 amide bonds. The number of methoxy groups -OCH3 is 1. The van der Waals surface area contributed by atoms with E-state index in [0.717, 1.165) is 24.8 Å². The molecule has 0 fully saturated rings. The first-order valence-electron chi connectivity index (χ1n) is 10.3. The number of ketones is 1. The van der Waals surface area contributed by atoms with Crippen LogP contribution >= 0.6 is 0 Å². The van der Waals surface area contributed by atoms with Gasteiger partial charge in [0.05, 0.1) is 13.7 Å². The van der Waals surface area contributed by atoms with Gasteiger partial charge in [0.15, 0.2) is 17.3 Å². The summed E-state index contributed by atoms with van der Waals surface area (Å²) in [5, 5.41) is 10.7. The molecule has 0 radical (unpaired) electrons. The third-order valence-corrected chi connectivity index (χ3v) is 5.37. The number of nitrogens with zero attached hydrogens (tertiary/aromatic N) is 1. The molecule has 6 nitrogen and oxygen atoms in total. The van der Waals surface area contributed by atoms with Crippen LogP contribution in [0.3, 0.4) is 0 Å². The van der Waals surface area contributed by atoms with Crippen LogP contribution in [0.5, 0.6) is 11.5 Å². The average molecular weight is 399 g/mol. The number of ether oxygens (including phenoxy) is 2. The number of fused-ring (bicyclic) bond motifs is 1. The number of carbonyl (C=O) groups is 2. The summed E-state index contributed by atoms with van der Waals surface area (Å²) in [5.41, 5.74) is 2.26. The topological polar surface area (TPSA) is 76.1 Å². The highest BCUT2D eigenvalue weighted by molar-refractivity contribution is 5.98. The Hall–Kier alpha value is -2.60. The van der Waals surface area contributed by atoms with E-state index in [-0.39, 0.29) is 11.7 Å². The minimum Gasteiger partial charge on any atom is -0.493 e. The second-order valence-corrected chi connectivity index (χ2v) is 7.39. The summed E-state index contributed by atoms with van der Waals surface area (Å²) in [5.74, 6) is 1.01. The molecule has 1 aliphatic heterocycles. The number of benzene rings is 1. The molecule has 156 valence electrons. The van der Waals surface area contributed by atoms with Gasteiger partial charge in [-0.1, -0.05) is 31.9 Å². The van der Waals surface area contributed by atoms with Crippen LogP contribution in [-0.4, -0.2) is 48.2 Å². The molecular weight excluding hydrogens is 370 g/mol. The smallest absolute Gasteiger partial charge is 0.256 e. The molecule has 1 aromatic carbocycles. The highest BCUT2D eigenvalue weighted by atomic mass is 16.5. The van der Waals surface area contributed by atoms with Crippen LogP contribution in [0.25, 0.3) is 0 Å². The Morgan fingerprint density at radius 2 is 2.03 bits per heavy atom. The number of aliphatic hydroxyl groups excluding tert-OH is 1. The Balaban J connectivity index is 1.76. The van der Waals surface area contributed by atoms with Gasteiger partial charge in [0, 0.05) is 30.5 Å². The number of aliphatic hydroxyl groups is 1. The average Bonchev–Trinajstić information content (AvgIpc) is 2.72. The van der Waals surface area contributed by atoms with Crippen molar-refractivity contribution in [2.75, 3.05) is 20.3 Å². The highest BCUT2D eigenvalue weighted by Crippen LogP contribution is 2.38. The lowest BCUT2D eigenvalue weighted by molar-refractivity contribution is -0.113. The van der Waals surface area contributed by atoms with Crippen LogP contribution in [0.4, 0.5) is 0 Å². The van der Waals surface area contributed by atoms with Crippen molar-refractivity contribution in [3.63, 3.8) is 0 Å². The number of hydrogen-bond acceptors (Lipinski definition) is 5. The van der Waals surface area contributed by atoms with Crippen LogP contribution < -0.4 is 9.47 Å². The molecular formula is C23H29NO5. The Morgan fingerprint density at radius 1 is 1.21 bits per heavy atom. The van der Waals surface area contributed by atoms with E-state index < -0.39 is 6.23 Å². The minimum absolute atomic E-state index is 0.0807. The highest BCUT2D eigenvalue weighted by Gasteiger charge is 2.34. The maximum Gasteiger partial charge on any atom is 0.256 e. The van der Waals surface area contributed by atoms with Gasteiger partial charge in [-0.3, -0.25) is 9.59 Å². The van der Waals surface area contributed by atoms with E-state index in [1.54, 1.807) is 31.4 Å². The Kier molecular flexibility index (Phi) is 7.09. The number of allylic oxidation sites excluding steroid dienone is 3. The van der Waals surface area contributed by atoms with E-state index in [1.807, 2.05) is 6.08 Å². The Morgan fingerprint density at radius 3 is 2.72 bits per heavy atom. The van der Waals surface area contributed by atoms with Gasteiger partial charge in [0.2, 0.25) is 0 Å². The van der Waals surface area contributed by atoms with E-state index in [4.69, 9.17) is 9.47 Å². The van der Waals surface area contributed by atoms with Gasteiger partial charge < -0.3 is 19.5 Å². The van der Waals surface area contributed by atoms with Gasteiger partial charge in [0.1, 0.15) is 6.23 Å². The zero-order valence-electron chi connectivity index (χ0n) is 17.1. The van der Waals surface area contributed by atoms with Crippen LogP contribution in [0.1, 0.15) is 54.9 Å². The van der Waals surface area contributed by atoms with E-state index in [0.29, 0.717) is 55.0 Å². The molecule has 0 bridgehead atoms. The monoisotopic (exact) mass is 399 g/mol. The van der Waals surface area contributed by atoms with E-state index in [2.05, 4.69) is 6.92 Å². The van der Waals surface area contributed by atoms with Crippen molar-refractivity contribution in [2.45, 2.75) is 51.7 Å². The van der Waals surface area contributed by atoms with Crippen molar-refractivity contribution < 1.29 is 24.2 Å². The van der Waals surface area contributed by atoms with Crippen molar-refractivity contribution in [3.8, 4) is 11.5 Å². The molecule has 0 spiro atoms. The Bertz CT molecular complexity index is 827. The molecule has 0 saturated carbocycles. The number of carbonyl (C=O) groups excluding carboxylic acids is 2. The Labute approximate surface area is 171 Å². The first-order valence-corrected chi connectivity index (χ1v) is 10.3. The number of amides is 1. The normalized spacial score (nSPS) is 18.5. The van der Waals surface area contributed by atoms with Crippen LogP contribution in [-0.2, 0) is 11.2 Å². The molecule has 1 aliphatic carbocycles. The van der Waals surface area contributed by atoms with E-state index >= 15 is 0 Å². The number of rotatable bonds is 9. The standard InChI is InChI=1S/C23H29NO5/c1-3-4-5-14-29-22-19-15-21(26)24(13-12-16-6-8-17(25)9-7-16)23(27)18(19)10-11-20(22)28-2/h6-8,10-11,21,26H,3-5,9,12-15H2,1-2H3. The molecule has 1 heterocycles. The molecule has 1 unspecified atom stereocenters. The van der Waals surface area contributed by atoms with Crippen molar-refractivity contribution in [1.82, 2.24) is 4.90 Å². The molecule has 3 rings (SSSR count). The van der Waals surface area contributed by atoms with E-state index in [9.17, 15) is 14.7 Å². The summed E-state index contributed by atoms with van der Waals surface area (Å²) >= 11 is 0. The lowest BCUT2D eigenvalue weighted by Gasteiger charge is -2.34. The molecule has 2 aliphatic rings. The van der Waals surface area contributed by atoms with Crippen molar-refractivity contribution in [1.29, 1.82) is 0 Å². The lowest BCUT2D eigenvalue weighted by atomic mass is 9.95. The van der Waals surface area contributed by atoms with Crippen LogP contribution in [0.2, 0.25) is 0 Å². The summed E-state index contributed by atoms with van der Waals surface area (Å²) < 4.78 is 11.4. The first kappa shape index (κ1) is 21.1. The van der Waals surface area contributed by atoms with Crippen molar-refractivity contribution in [2.24, 2.45) is 0 Å². The van der Waals surface area contributed by atoms with Gasteiger partial charge in [-0.25, -0.2) is 0 Å². The molecule has 0 saturated heterocycles. The zero-order chi connectivity index (χ0) is 20.8. The third kappa shape index (κ3) is 4.88. The van der Waals surface area contributed by atoms with Crippen LogP contribution in [0, 0.1) is 0 Å². The van der Waals surface area contributed by atoms with Gasteiger partial charge in [-0.05, 0) is 36.6 Å². The number of unbranched alkanes of at least 4 members (excludes halogenated alkanes) is 2. The molecule has 6 heteroatoms. The molecule has 1 aromatic rings. The summed E-state index contributed by atoms with van der Waals surface area (Å²) in [6.45, 7) is 3.07. The number of hydrogen-bond donors (Lipinski definition) is 1. The van der Waals surface area contributed by atoms with Crippen molar-refractivity contribution >= 4 is 11.7 Å². The predicted octanol–water partition coefficient (Wildman–Crippen LogP) is 3.43. The quantitative estimate of drug-likeness (QED) is 0.644. The lowest BCUT2D eigenvalue weighted by Crippen LogP contribution is -2.46. The fourth-order valence-corrected chi connectivity index (χ4v) is 3.69. The summed E-state index contributed by atoms with van der Waals surface area (Å²) in [6, 6.07) is 3.49. The predicted molar refractivity (Wildman–Crippen MR) is 110 cm³/mol. The van der Waals surface area contributed by atoms with Gasteiger partial charge in [-0.2, -0.15) is 0 Å². The maximum atomic E-state index is 13.1. The largest absolute Gasteiger partial charge is 0.493 e. The fraction of sp³-hybridized carbons (Fsp3) is 0.478. The molecule has 1 atom stereocenters. The fourth-order valence-electron chi connectivity index (χ4n) is 3.69. The minimum atomic E-state index is -0.921. The summed E-state index contributed by atoms with van der Waals surface area (Å²) in [6.07, 6.45) is 8.69. The summed E-state index contributed by atoms with van der Waals surface area (Å²) in [4.78, 5) is 25.8. The molecule has 29 heavy (non-hydrogen) atoms. The SMILES string of the molecule is CCCCCOc1c(OC)ccc2c1CC(O)N(CCC1=CCC(=O)C=C1)C2=O. The van der Waals surface area contributed by atoms with Gasteiger partial charge in [-0.15, -0.1) is 0 Å². The third-order valence-electron chi connectivity index (χ3n) is 5.37. The van der Waals surface area contributed by atoms with Gasteiger partial charge in [0.25, 0.3) is 5.91 Å². The van der Waals surface area contributed by atoms with Gasteiger partial charge >= 0.3 is 0 Å². The van der Waals surface area contributed by atoms with E-state index in [1.165, 1.54) is 4.90 Å².